The zero-order chi connectivity index (χ0) is 22.4. The van der Waals surface area contributed by atoms with Crippen molar-refractivity contribution >= 4 is 37.0 Å². The molecule has 0 spiro atoms. The number of carbonyl (C=O) groups is 2. The highest BCUT2D eigenvalue weighted by Crippen LogP contribution is 2.15. The van der Waals surface area contributed by atoms with Gasteiger partial charge in [0.2, 0.25) is 6.08 Å². The van der Waals surface area contributed by atoms with E-state index in [1.165, 1.54) is 6.08 Å². The van der Waals surface area contributed by atoms with Crippen molar-refractivity contribution in [2.24, 2.45) is 16.6 Å². The summed E-state index contributed by atoms with van der Waals surface area (Å²) >= 11 is 0. The molecule has 1 heterocycles. The summed E-state index contributed by atoms with van der Waals surface area (Å²) in [4.78, 5) is 38.6. The van der Waals surface area contributed by atoms with Gasteiger partial charge >= 0.3 is 11.9 Å². The predicted octanol–water partition coefficient (Wildman–Crippen LogP) is 1.07. The number of aromatic nitrogens is 1. The number of aliphatic imine (C=N–C) groups is 1. The van der Waals surface area contributed by atoms with Crippen LogP contribution in [-0.2, 0) is 20.8 Å². The minimum Gasteiger partial charge on any atom is -0.480 e. The predicted molar refractivity (Wildman–Crippen MR) is 108 cm³/mol. The highest BCUT2D eigenvalue weighted by atomic mass is 16.4. The van der Waals surface area contributed by atoms with E-state index in [2.05, 4.69) is 18.0 Å². The maximum absolute atomic E-state index is 10.9. The second kappa shape index (κ2) is 14.0. The van der Waals surface area contributed by atoms with Gasteiger partial charge in [0.05, 0.1) is 5.52 Å². The van der Waals surface area contributed by atoms with E-state index in [1.807, 2.05) is 38.1 Å². The number of carboxylic acids is 2. The average molecular weight is 401 g/mol. The normalized spacial score (nSPS) is 11.8. The largest absolute Gasteiger partial charge is 0.480 e. The monoisotopic (exact) mass is 401 g/mol. The molecule has 2 rings (SSSR count). The smallest absolute Gasteiger partial charge is 0.329 e. The lowest BCUT2D eigenvalue weighted by atomic mass is 10.0. The summed E-state index contributed by atoms with van der Waals surface area (Å²) in [6.07, 6.45) is 3.69. The summed E-state index contributed by atoms with van der Waals surface area (Å²) in [5.74, 6) is -1.69. The Kier molecular flexibility index (Phi) is 12.5. The molecule has 0 saturated heterocycles. The first kappa shape index (κ1) is 25.9. The van der Waals surface area contributed by atoms with E-state index < -0.39 is 24.0 Å². The van der Waals surface area contributed by atoms with E-state index in [4.69, 9.17) is 21.0 Å². The molecule has 0 fully saturated rings. The van der Waals surface area contributed by atoms with Gasteiger partial charge in [0.25, 0.3) is 8.05 Å². The Morgan fingerprint density at radius 1 is 1.21 bits per heavy atom. The van der Waals surface area contributed by atoms with Crippen LogP contribution in [0, 0.1) is 5.92 Å². The van der Waals surface area contributed by atoms with E-state index >= 15 is 0 Å². The Balaban J connectivity index is 0.000000606. The highest BCUT2D eigenvalue weighted by molar-refractivity contribution is 5.95. The fourth-order valence-electron chi connectivity index (χ4n) is 2.34. The zero-order valence-electron chi connectivity index (χ0n) is 16.2. The fourth-order valence-corrected chi connectivity index (χ4v) is 2.34. The number of benzene rings is 1. The lowest BCUT2D eigenvalue weighted by Crippen LogP contribution is -2.31. The number of carbonyl (C=O) groups excluding carboxylic acids is 1. The van der Waals surface area contributed by atoms with Gasteiger partial charge in [-0.2, -0.15) is 4.99 Å². The van der Waals surface area contributed by atoms with Gasteiger partial charge in [0.1, 0.15) is 6.04 Å². The second-order valence-corrected chi connectivity index (χ2v) is 6.38. The first-order valence-electron chi connectivity index (χ1n) is 8.62. The molecular weight excluding hydrogens is 377 g/mol. The van der Waals surface area contributed by atoms with Crippen molar-refractivity contribution < 1.29 is 29.6 Å². The molecule has 10 heteroatoms. The van der Waals surface area contributed by atoms with Gasteiger partial charge in [-0.05, 0) is 36.1 Å². The first-order chi connectivity index (χ1) is 13.7. The Bertz CT molecular complexity index is 838. The van der Waals surface area contributed by atoms with E-state index in [0.29, 0.717) is 12.3 Å². The molecule has 1 aromatic carbocycles. The molecule has 154 valence electrons. The molecular formula is C19H24BN3O6. The molecule has 29 heavy (non-hydrogen) atoms. The molecule has 0 aliphatic heterocycles. The third-order valence-electron chi connectivity index (χ3n) is 3.63. The molecule has 9 nitrogen and oxygen atoms in total. The van der Waals surface area contributed by atoms with Crippen molar-refractivity contribution in [2.75, 3.05) is 0 Å². The van der Waals surface area contributed by atoms with Gasteiger partial charge < -0.3 is 21.0 Å². The number of carboxylic acid groups (broad SMARTS) is 2. The standard InChI is InChI=1S/C13H10N2O3.C6H13NO2.BHO/c16-8-15-12(13(17)18)7-9-3-4-11-10(6-9)2-1-5-14-11;1-4(2)3-5(7)6(8)9;1-2/h1-6,12H,7H2,(H,17,18);4-5H,3,7H2,1-2H3,(H,8,9);2H/t;5-;/m.0./s1. The third kappa shape index (κ3) is 10.2. The van der Waals surface area contributed by atoms with Crippen molar-refractivity contribution in [1.82, 2.24) is 4.98 Å². The fraction of sp³-hybridized carbons (Fsp3) is 0.368. The van der Waals surface area contributed by atoms with E-state index in [9.17, 15) is 14.4 Å². The lowest BCUT2D eigenvalue weighted by molar-refractivity contribution is -0.139. The van der Waals surface area contributed by atoms with Gasteiger partial charge in [0, 0.05) is 18.0 Å². The van der Waals surface area contributed by atoms with Crippen molar-refractivity contribution in [2.45, 2.75) is 38.8 Å². The summed E-state index contributed by atoms with van der Waals surface area (Å²) in [6, 6.07) is 7.37. The molecule has 0 saturated carbocycles. The number of fused-ring (bicyclic) bond motifs is 1. The van der Waals surface area contributed by atoms with Crippen LogP contribution in [0.1, 0.15) is 25.8 Å². The quantitative estimate of drug-likeness (QED) is 0.304. The highest BCUT2D eigenvalue weighted by Gasteiger charge is 2.16. The van der Waals surface area contributed by atoms with Crippen molar-refractivity contribution in [3.8, 4) is 0 Å². The van der Waals surface area contributed by atoms with Crippen LogP contribution in [0.4, 0.5) is 0 Å². The van der Waals surface area contributed by atoms with E-state index in [0.717, 1.165) is 16.5 Å². The summed E-state index contributed by atoms with van der Waals surface area (Å²) in [6.45, 7) is 3.89. The summed E-state index contributed by atoms with van der Waals surface area (Å²) in [5, 5.41) is 24.6. The molecule has 0 amide bonds. The molecule has 1 unspecified atom stereocenters. The van der Waals surface area contributed by atoms with Crippen molar-refractivity contribution in [3.05, 3.63) is 42.1 Å². The maximum Gasteiger partial charge on any atom is 0.329 e. The van der Waals surface area contributed by atoms with Crippen molar-refractivity contribution in [1.29, 1.82) is 0 Å². The Morgan fingerprint density at radius 2 is 1.86 bits per heavy atom. The summed E-state index contributed by atoms with van der Waals surface area (Å²) in [7, 11) is 3.50. The van der Waals surface area contributed by atoms with Gasteiger partial charge in [-0.1, -0.05) is 26.0 Å². The topological polar surface area (TPSA) is 163 Å². The number of hydrogen-bond acceptors (Lipinski definition) is 7. The van der Waals surface area contributed by atoms with Crippen LogP contribution in [0.3, 0.4) is 0 Å². The average Bonchev–Trinajstić information content (AvgIpc) is 2.69. The minimum absolute atomic E-state index is 0.162. The van der Waals surface area contributed by atoms with Crippen LogP contribution >= 0.6 is 0 Å². The van der Waals surface area contributed by atoms with E-state index in [-0.39, 0.29) is 6.42 Å². The van der Waals surface area contributed by atoms with Crippen LogP contribution in [0.2, 0.25) is 0 Å². The van der Waals surface area contributed by atoms with Crippen LogP contribution < -0.4 is 5.73 Å². The van der Waals surface area contributed by atoms with Gasteiger partial charge in [-0.25, -0.2) is 9.59 Å². The first-order valence-corrected chi connectivity index (χ1v) is 8.62. The number of pyridine rings is 1. The molecule has 0 aliphatic carbocycles. The molecule has 5 N–H and O–H groups in total. The molecule has 0 bridgehead atoms. The molecule has 2 atom stereocenters. The zero-order valence-corrected chi connectivity index (χ0v) is 16.2. The summed E-state index contributed by atoms with van der Waals surface area (Å²) < 4.78 is 0. The third-order valence-corrected chi connectivity index (χ3v) is 3.63. The number of nitrogens with zero attached hydrogens (tertiary/aromatic N) is 2. The molecule has 2 aromatic rings. The lowest BCUT2D eigenvalue weighted by Gasteiger charge is -2.07. The maximum atomic E-state index is 10.9. The second-order valence-electron chi connectivity index (χ2n) is 6.38. The van der Waals surface area contributed by atoms with Crippen LogP contribution in [0.25, 0.3) is 10.9 Å². The molecule has 0 aliphatic rings. The number of rotatable bonds is 7. The van der Waals surface area contributed by atoms with Crippen LogP contribution in [0.5, 0.6) is 0 Å². The molecule has 1 aromatic heterocycles. The Labute approximate surface area is 169 Å². The summed E-state index contributed by atoms with van der Waals surface area (Å²) in [5.41, 5.74) is 6.85. The van der Waals surface area contributed by atoms with Gasteiger partial charge in [-0.3, -0.25) is 9.78 Å². The van der Waals surface area contributed by atoms with Gasteiger partial charge in [0.15, 0.2) is 6.04 Å². The minimum atomic E-state index is -1.13. The number of aliphatic carboxylic acids is 2. The van der Waals surface area contributed by atoms with Gasteiger partial charge in [-0.15, -0.1) is 0 Å². The van der Waals surface area contributed by atoms with Crippen molar-refractivity contribution in [3.63, 3.8) is 0 Å². The SMILES string of the molecule is CC(C)C[C@H](N)C(=O)O.O=C=NC(Cc1ccc2ncccc2c1)C(=O)O.[B]O. The number of nitrogens with two attached hydrogens (primary N) is 1. The Morgan fingerprint density at radius 3 is 2.34 bits per heavy atom. The van der Waals surface area contributed by atoms with E-state index in [1.54, 1.807) is 12.3 Å². The number of isocyanates is 1. The number of hydrogen-bond donors (Lipinski definition) is 4. The van der Waals surface area contributed by atoms with Crippen LogP contribution in [0.15, 0.2) is 41.5 Å². The van der Waals surface area contributed by atoms with Crippen LogP contribution in [-0.4, -0.2) is 58.4 Å². The molecule has 2 radical (unpaired) electrons. The Hall–Kier alpha value is -3.07.